The van der Waals surface area contributed by atoms with Crippen molar-refractivity contribution in [2.24, 2.45) is 0 Å². The number of aromatic amines is 1. The highest BCUT2D eigenvalue weighted by Gasteiger charge is 2.14. The van der Waals surface area contributed by atoms with Crippen LogP contribution in [0.15, 0.2) is 54.3 Å². The summed E-state index contributed by atoms with van der Waals surface area (Å²) in [5, 5.41) is 19.6. The predicted octanol–water partition coefficient (Wildman–Crippen LogP) is 3.74. The maximum absolute atomic E-state index is 10.2. The lowest BCUT2D eigenvalue weighted by Gasteiger charge is -2.08. The number of allylic oxidation sites excluding steroid dienone is 1. The molecule has 3 aromatic rings. The van der Waals surface area contributed by atoms with E-state index < -0.39 is 0 Å². The largest absolute Gasteiger partial charge is 0.507 e. The van der Waals surface area contributed by atoms with Crippen molar-refractivity contribution in [1.29, 1.82) is 5.26 Å². The van der Waals surface area contributed by atoms with Crippen LogP contribution >= 0.6 is 0 Å². The quantitative estimate of drug-likeness (QED) is 0.568. The minimum atomic E-state index is -0.158. The Bertz CT molecular complexity index is 886. The second-order valence-electron chi connectivity index (χ2n) is 5.09. The monoisotopic (exact) mass is 305 g/mol. The van der Waals surface area contributed by atoms with Gasteiger partial charge in [-0.05, 0) is 30.7 Å². The van der Waals surface area contributed by atoms with Crippen molar-refractivity contribution in [2.75, 3.05) is 6.61 Å². The number of nitrogens with zero attached hydrogens (tertiary/aromatic N) is 2. The average molecular weight is 305 g/mol. The first-order valence-corrected chi connectivity index (χ1v) is 7.15. The first-order valence-electron chi connectivity index (χ1n) is 7.15. The van der Waals surface area contributed by atoms with E-state index in [4.69, 9.17) is 4.74 Å². The Balaban J connectivity index is 1.87. The van der Waals surface area contributed by atoms with Gasteiger partial charge in [-0.2, -0.15) is 5.26 Å². The third kappa shape index (κ3) is 3.01. The normalized spacial score (nSPS) is 11.8. The third-order valence-corrected chi connectivity index (χ3v) is 3.48. The lowest BCUT2D eigenvalue weighted by atomic mass is 10.2. The summed E-state index contributed by atoms with van der Waals surface area (Å²) in [4.78, 5) is 7.36. The van der Waals surface area contributed by atoms with Crippen molar-refractivity contribution in [1.82, 2.24) is 9.97 Å². The third-order valence-electron chi connectivity index (χ3n) is 3.48. The van der Waals surface area contributed by atoms with Crippen LogP contribution in [0.4, 0.5) is 0 Å². The van der Waals surface area contributed by atoms with Gasteiger partial charge in [0.25, 0.3) is 0 Å². The molecule has 0 saturated carbocycles. The molecule has 5 nitrogen and oxygen atoms in total. The van der Waals surface area contributed by atoms with Crippen molar-refractivity contribution in [3.05, 3.63) is 65.7 Å². The minimum Gasteiger partial charge on any atom is -0.507 e. The molecule has 2 N–H and O–H groups in total. The first-order chi connectivity index (χ1) is 11.2. The average Bonchev–Trinajstić information content (AvgIpc) is 2.98. The number of hydrogen-bond acceptors (Lipinski definition) is 4. The molecule has 0 aliphatic rings. The fourth-order valence-electron chi connectivity index (χ4n) is 2.26. The lowest BCUT2D eigenvalue weighted by Crippen LogP contribution is -2.05. The zero-order valence-corrected chi connectivity index (χ0v) is 12.6. The highest BCUT2D eigenvalue weighted by molar-refractivity contribution is 5.82. The summed E-state index contributed by atoms with van der Waals surface area (Å²) < 4.78 is 5.58. The van der Waals surface area contributed by atoms with E-state index in [1.54, 1.807) is 0 Å². The van der Waals surface area contributed by atoms with Gasteiger partial charge in [-0.25, -0.2) is 4.98 Å². The molecule has 5 heteroatoms. The van der Waals surface area contributed by atoms with Gasteiger partial charge in [0.2, 0.25) is 0 Å². The fraction of sp³-hybridized carbons (Fsp3) is 0.111. The second-order valence-corrected chi connectivity index (χ2v) is 5.09. The Morgan fingerprint density at radius 1 is 1.22 bits per heavy atom. The molecule has 0 fully saturated rings. The molecule has 0 aliphatic heterocycles. The van der Waals surface area contributed by atoms with Crippen molar-refractivity contribution < 1.29 is 9.84 Å². The number of H-pyrrole nitrogens is 1. The number of ether oxygens (including phenoxy) is 1. The summed E-state index contributed by atoms with van der Waals surface area (Å²) in [7, 11) is 0. The van der Waals surface area contributed by atoms with Crippen LogP contribution in [0, 0.1) is 18.3 Å². The van der Waals surface area contributed by atoms with Crippen molar-refractivity contribution >= 4 is 16.6 Å². The number of nitrogens with one attached hydrogen (secondary N) is 1. The molecular formula is C18H15N3O2. The Hall–Kier alpha value is -3.26. The van der Waals surface area contributed by atoms with E-state index in [9.17, 15) is 10.4 Å². The van der Waals surface area contributed by atoms with Crippen LogP contribution in [0.2, 0.25) is 0 Å². The van der Waals surface area contributed by atoms with Crippen LogP contribution in [0.5, 0.6) is 5.75 Å². The molecule has 0 atom stereocenters. The van der Waals surface area contributed by atoms with Gasteiger partial charge in [0.1, 0.15) is 24.0 Å². The van der Waals surface area contributed by atoms with Gasteiger partial charge in [0.05, 0.1) is 11.0 Å². The maximum Gasteiger partial charge on any atom is 0.152 e. The molecule has 0 radical (unpaired) electrons. The minimum absolute atomic E-state index is 0.0785. The number of rotatable bonds is 4. The molecule has 1 heterocycles. The summed E-state index contributed by atoms with van der Waals surface area (Å²) in [6.45, 7) is 1.82. The van der Waals surface area contributed by atoms with Crippen LogP contribution in [-0.2, 0) is 0 Å². The number of hydrogen-bond donors (Lipinski definition) is 2. The van der Waals surface area contributed by atoms with Gasteiger partial charge < -0.3 is 14.8 Å². The van der Waals surface area contributed by atoms with Gasteiger partial charge in [0, 0.05) is 0 Å². The van der Waals surface area contributed by atoms with E-state index in [0.717, 1.165) is 16.6 Å². The van der Waals surface area contributed by atoms with Crippen molar-refractivity contribution in [2.45, 2.75) is 6.92 Å². The molecule has 0 spiro atoms. The number of aliphatic hydroxyl groups excluding tert-OH is 1. The standard InChI is InChI=1S/C18H15N3O2/c1-12-6-2-5-9-17(12)23-11-16(22)13(10-19)18-20-14-7-3-4-8-15(14)21-18/h2-9,22H,11H2,1H3,(H,20,21). The van der Waals surface area contributed by atoms with Gasteiger partial charge in [-0.1, -0.05) is 30.3 Å². The highest BCUT2D eigenvalue weighted by Crippen LogP contribution is 2.21. The Morgan fingerprint density at radius 2 is 1.96 bits per heavy atom. The fourth-order valence-corrected chi connectivity index (χ4v) is 2.26. The number of para-hydroxylation sites is 3. The topological polar surface area (TPSA) is 81.9 Å². The molecule has 0 bridgehead atoms. The molecule has 0 saturated heterocycles. The molecule has 1 aromatic heterocycles. The summed E-state index contributed by atoms with van der Waals surface area (Å²) in [5.74, 6) is 0.843. The molecule has 23 heavy (non-hydrogen) atoms. The highest BCUT2D eigenvalue weighted by atomic mass is 16.5. The van der Waals surface area contributed by atoms with Crippen LogP contribution in [-0.4, -0.2) is 21.7 Å². The molecule has 0 amide bonds. The maximum atomic E-state index is 10.2. The van der Waals surface area contributed by atoms with Gasteiger partial charge in [0.15, 0.2) is 11.6 Å². The molecule has 114 valence electrons. The van der Waals surface area contributed by atoms with E-state index in [0.29, 0.717) is 11.6 Å². The van der Waals surface area contributed by atoms with E-state index in [1.165, 1.54) is 0 Å². The van der Waals surface area contributed by atoms with E-state index in [2.05, 4.69) is 9.97 Å². The number of benzene rings is 2. The number of aryl methyl sites for hydroxylation is 1. The second kappa shape index (κ2) is 6.24. The van der Waals surface area contributed by atoms with E-state index in [1.807, 2.05) is 61.5 Å². The van der Waals surface area contributed by atoms with Crippen LogP contribution in [0.1, 0.15) is 11.4 Å². The summed E-state index contributed by atoms with van der Waals surface area (Å²) >= 11 is 0. The Kier molecular flexibility index (Phi) is 3.98. The zero-order chi connectivity index (χ0) is 16.2. The SMILES string of the molecule is Cc1ccccc1OCC(O)=C(C#N)c1nc2ccccc2[nH]1. The number of imidazole rings is 1. The van der Waals surface area contributed by atoms with Gasteiger partial charge in [-0.15, -0.1) is 0 Å². The zero-order valence-electron chi connectivity index (χ0n) is 12.6. The molecule has 3 rings (SSSR count). The van der Waals surface area contributed by atoms with Gasteiger partial charge >= 0.3 is 0 Å². The molecule has 0 unspecified atom stereocenters. The van der Waals surface area contributed by atoms with Crippen molar-refractivity contribution in [3.63, 3.8) is 0 Å². The predicted molar refractivity (Wildman–Crippen MR) is 87.9 cm³/mol. The van der Waals surface area contributed by atoms with Crippen molar-refractivity contribution in [3.8, 4) is 11.8 Å². The Morgan fingerprint density at radius 3 is 2.70 bits per heavy atom. The van der Waals surface area contributed by atoms with Gasteiger partial charge in [-0.3, -0.25) is 0 Å². The summed E-state index contributed by atoms with van der Waals surface area (Å²) in [5.41, 5.74) is 2.59. The van der Waals surface area contributed by atoms with Crippen LogP contribution in [0.3, 0.4) is 0 Å². The summed E-state index contributed by atoms with van der Waals surface area (Å²) in [6, 6.07) is 16.9. The number of fused-ring (bicyclic) bond motifs is 1. The van der Waals surface area contributed by atoms with E-state index in [-0.39, 0.29) is 17.9 Å². The lowest BCUT2D eigenvalue weighted by molar-refractivity contribution is 0.271. The smallest absolute Gasteiger partial charge is 0.152 e. The number of aromatic nitrogens is 2. The summed E-state index contributed by atoms with van der Waals surface area (Å²) in [6.07, 6.45) is 0. The first kappa shape index (κ1) is 14.7. The van der Waals surface area contributed by atoms with Crippen LogP contribution < -0.4 is 4.74 Å². The number of nitriles is 1. The Labute approximate surface area is 133 Å². The molecule has 2 aromatic carbocycles. The number of aliphatic hydroxyl groups is 1. The van der Waals surface area contributed by atoms with Crippen LogP contribution in [0.25, 0.3) is 16.6 Å². The molecule has 0 aliphatic carbocycles. The molecular weight excluding hydrogens is 290 g/mol. The van der Waals surface area contributed by atoms with E-state index >= 15 is 0 Å².